The molecule has 1 N–H and O–H groups in total. The first-order chi connectivity index (χ1) is 14.7. The monoisotopic (exact) mass is 430 g/mol. The standard InChI is InChI=1S/C26H38O5/c1-17(11-13-21-18(2)9-7-15-26(21,3)4)8-6-10-19-12-14-22(30-25(19)29-5)20-16-23(27)31-24(20)28/h8-9,12,16,21-22,24-25,28H,6-7,10-11,13-15H2,1-5H3/b17-8+/t21?,22-,24?,25?/m1/s1. The fourth-order valence-electron chi connectivity index (χ4n) is 5.14. The van der Waals surface area contributed by atoms with Crippen LogP contribution in [-0.4, -0.2) is 36.9 Å². The second-order valence-corrected chi connectivity index (χ2v) is 9.80. The molecule has 3 unspecified atom stereocenters. The SMILES string of the molecule is COC1O[C@@H](C2=CC(=O)OC2O)CC=C1CC/C=C(\C)CCC1C(C)=CCCC1(C)C. The summed E-state index contributed by atoms with van der Waals surface area (Å²) in [5, 5.41) is 9.87. The van der Waals surface area contributed by atoms with Crippen molar-refractivity contribution in [2.45, 2.75) is 91.3 Å². The van der Waals surface area contributed by atoms with Gasteiger partial charge in [-0.05, 0) is 75.7 Å². The fourth-order valence-corrected chi connectivity index (χ4v) is 5.14. The normalized spacial score (nSPS) is 31.1. The van der Waals surface area contributed by atoms with E-state index < -0.39 is 24.7 Å². The molecule has 0 aromatic carbocycles. The molecule has 0 aromatic rings. The van der Waals surface area contributed by atoms with Crippen LogP contribution in [0.15, 0.2) is 46.6 Å². The molecule has 5 nitrogen and oxygen atoms in total. The smallest absolute Gasteiger partial charge is 0.333 e. The maximum absolute atomic E-state index is 11.4. The molecule has 5 heteroatoms. The van der Waals surface area contributed by atoms with Crippen LogP contribution in [0.4, 0.5) is 0 Å². The van der Waals surface area contributed by atoms with Gasteiger partial charge in [0.25, 0.3) is 0 Å². The topological polar surface area (TPSA) is 65.0 Å². The molecular formula is C26H38O5. The Balaban J connectivity index is 1.51. The third-order valence-corrected chi connectivity index (χ3v) is 7.07. The van der Waals surface area contributed by atoms with E-state index in [2.05, 4.69) is 45.9 Å². The highest BCUT2D eigenvalue weighted by molar-refractivity contribution is 5.85. The molecule has 2 heterocycles. The lowest BCUT2D eigenvalue weighted by atomic mass is 9.67. The van der Waals surface area contributed by atoms with E-state index in [0.717, 1.165) is 24.8 Å². The van der Waals surface area contributed by atoms with Gasteiger partial charge in [-0.3, -0.25) is 0 Å². The number of aliphatic hydroxyl groups excluding tert-OH is 1. The summed E-state index contributed by atoms with van der Waals surface area (Å²) < 4.78 is 16.3. The molecule has 3 aliphatic rings. The van der Waals surface area contributed by atoms with E-state index in [9.17, 15) is 9.90 Å². The molecule has 0 radical (unpaired) electrons. The van der Waals surface area contributed by atoms with Crippen LogP contribution in [0.2, 0.25) is 0 Å². The molecule has 31 heavy (non-hydrogen) atoms. The Hall–Kier alpha value is -1.69. The molecule has 0 amide bonds. The second kappa shape index (κ2) is 10.3. The summed E-state index contributed by atoms with van der Waals surface area (Å²) in [5.41, 5.74) is 4.96. The Bertz CT molecular complexity index is 786. The molecule has 0 aromatic heterocycles. The Labute approximate surface area is 186 Å². The van der Waals surface area contributed by atoms with Gasteiger partial charge in [-0.15, -0.1) is 0 Å². The summed E-state index contributed by atoms with van der Waals surface area (Å²) in [6, 6.07) is 0. The van der Waals surface area contributed by atoms with Crippen molar-refractivity contribution in [1.82, 2.24) is 0 Å². The van der Waals surface area contributed by atoms with Gasteiger partial charge in [0.1, 0.15) is 0 Å². The highest BCUT2D eigenvalue weighted by atomic mass is 16.7. The van der Waals surface area contributed by atoms with Crippen LogP contribution >= 0.6 is 0 Å². The number of hydrogen-bond donors (Lipinski definition) is 1. The van der Waals surface area contributed by atoms with Crippen LogP contribution in [0.3, 0.4) is 0 Å². The lowest BCUT2D eigenvalue weighted by molar-refractivity contribution is -0.157. The van der Waals surface area contributed by atoms with Crippen molar-refractivity contribution in [2.24, 2.45) is 11.3 Å². The minimum atomic E-state index is -1.22. The van der Waals surface area contributed by atoms with Gasteiger partial charge in [-0.25, -0.2) is 4.79 Å². The Morgan fingerprint density at radius 2 is 2.13 bits per heavy atom. The van der Waals surface area contributed by atoms with Crippen molar-refractivity contribution in [3.8, 4) is 0 Å². The van der Waals surface area contributed by atoms with Gasteiger partial charge in [0.05, 0.1) is 6.10 Å². The largest absolute Gasteiger partial charge is 0.429 e. The lowest BCUT2D eigenvalue weighted by Gasteiger charge is -2.38. The molecule has 172 valence electrons. The Morgan fingerprint density at radius 3 is 2.77 bits per heavy atom. The summed E-state index contributed by atoms with van der Waals surface area (Å²) >= 11 is 0. The highest BCUT2D eigenvalue weighted by Gasteiger charge is 2.35. The van der Waals surface area contributed by atoms with Crippen molar-refractivity contribution in [3.05, 3.63) is 46.6 Å². The van der Waals surface area contributed by atoms with Crippen LogP contribution in [-0.2, 0) is 19.0 Å². The zero-order valence-electron chi connectivity index (χ0n) is 19.6. The van der Waals surface area contributed by atoms with Gasteiger partial charge < -0.3 is 19.3 Å². The van der Waals surface area contributed by atoms with Gasteiger partial charge in [0.2, 0.25) is 6.29 Å². The number of aliphatic hydroxyl groups is 1. The number of cyclic esters (lactones) is 1. The zero-order valence-corrected chi connectivity index (χ0v) is 19.6. The Kier molecular flexibility index (Phi) is 7.95. The predicted octanol–water partition coefficient (Wildman–Crippen LogP) is 5.37. The van der Waals surface area contributed by atoms with Crippen molar-refractivity contribution in [3.63, 3.8) is 0 Å². The fraction of sp³-hybridized carbons (Fsp3) is 0.654. The number of methoxy groups -OCH3 is 1. The first-order valence-electron chi connectivity index (χ1n) is 11.5. The highest BCUT2D eigenvalue weighted by Crippen LogP contribution is 2.43. The molecule has 0 bridgehead atoms. The summed E-state index contributed by atoms with van der Waals surface area (Å²) in [5.74, 6) is 0.141. The minimum absolute atomic E-state index is 0.392. The Morgan fingerprint density at radius 1 is 1.35 bits per heavy atom. The molecule has 2 aliphatic heterocycles. The number of allylic oxidation sites excluding steroid dienone is 4. The van der Waals surface area contributed by atoms with Crippen LogP contribution in [0.1, 0.15) is 72.6 Å². The van der Waals surface area contributed by atoms with E-state index in [-0.39, 0.29) is 0 Å². The van der Waals surface area contributed by atoms with Crippen LogP contribution in [0.5, 0.6) is 0 Å². The number of carbonyl (C=O) groups excluding carboxylic acids is 1. The van der Waals surface area contributed by atoms with E-state index in [1.165, 1.54) is 30.9 Å². The molecule has 0 saturated heterocycles. The molecule has 3 rings (SSSR count). The third-order valence-electron chi connectivity index (χ3n) is 7.07. The molecular weight excluding hydrogens is 392 g/mol. The summed E-state index contributed by atoms with van der Waals surface area (Å²) in [7, 11) is 1.62. The predicted molar refractivity (Wildman–Crippen MR) is 121 cm³/mol. The van der Waals surface area contributed by atoms with Gasteiger partial charge in [-0.2, -0.15) is 0 Å². The summed E-state index contributed by atoms with van der Waals surface area (Å²) in [6.07, 6.45) is 13.3. The maximum atomic E-state index is 11.4. The van der Waals surface area contributed by atoms with E-state index in [4.69, 9.17) is 14.2 Å². The van der Waals surface area contributed by atoms with E-state index >= 15 is 0 Å². The molecule has 1 aliphatic carbocycles. The van der Waals surface area contributed by atoms with Gasteiger partial charge in [0.15, 0.2) is 6.29 Å². The number of rotatable bonds is 8. The van der Waals surface area contributed by atoms with E-state index in [0.29, 0.717) is 23.3 Å². The molecule has 4 atom stereocenters. The quantitative estimate of drug-likeness (QED) is 0.414. The van der Waals surface area contributed by atoms with Crippen LogP contribution < -0.4 is 0 Å². The molecule has 0 saturated carbocycles. The second-order valence-electron chi connectivity index (χ2n) is 9.80. The molecule has 0 fully saturated rings. The van der Waals surface area contributed by atoms with Crippen molar-refractivity contribution in [1.29, 1.82) is 0 Å². The number of ether oxygens (including phenoxy) is 3. The van der Waals surface area contributed by atoms with Gasteiger partial charge >= 0.3 is 5.97 Å². The lowest BCUT2D eigenvalue weighted by Crippen LogP contribution is -2.33. The summed E-state index contributed by atoms with van der Waals surface area (Å²) in [6.45, 7) is 9.34. The number of esters is 1. The molecule has 0 spiro atoms. The van der Waals surface area contributed by atoms with Gasteiger partial charge in [0, 0.05) is 18.8 Å². The first kappa shape index (κ1) is 24.0. The number of hydrogen-bond acceptors (Lipinski definition) is 5. The van der Waals surface area contributed by atoms with E-state index in [1.807, 2.05) is 0 Å². The third kappa shape index (κ3) is 5.97. The maximum Gasteiger partial charge on any atom is 0.333 e. The average molecular weight is 431 g/mol. The van der Waals surface area contributed by atoms with Crippen LogP contribution in [0, 0.1) is 11.3 Å². The average Bonchev–Trinajstić information content (AvgIpc) is 3.05. The van der Waals surface area contributed by atoms with Crippen molar-refractivity contribution in [2.75, 3.05) is 7.11 Å². The van der Waals surface area contributed by atoms with Gasteiger partial charge in [-0.1, -0.05) is 43.2 Å². The summed E-state index contributed by atoms with van der Waals surface area (Å²) in [4.78, 5) is 11.4. The van der Waals surface area contributed by atoms with Crippen molar-refractivity contribution >= 4 is 5.97 Å². The minimum Gasteiger partial charge on any atom is -0.429 e. The van der Waals surface area contributed by atoms with Crippen molar-refractivity contribution < 1.29 is 24.1 Å². The first-order valence-corrected chi connectivity index (χ1v) is 11.5. The zero-order chi connectivity index (χ0) is 22.6. The number of carbonyl (C=O) groups is 1. The van der Waals surface area contributed by atoms with E-state index in [1.54, 1.807) is 12.7 Å². The van der Waals surface area contributed by atoms with Crippen LogP contribution in [0.25, 0.3) is 0 Å².